The van der Waals surface area contributed by atoms with Crippen molar-refractivity contribution in [1.29, 1.82) is 0 Å². The van der Waals surface area contributed by atoms with Crippen LogP contribution in [0.4, 0.5) is 10.1 Å². The van der Waals surface area contributed by atoms with Gasteiger partial charge in [0.15, 0.2) is 5.75 Å². The highest BCUT2D eigenvalue weighted by Gasteiger charge is 2.15. The van der Waals surface area contributed by atoms with E-state index < -0.39 is 10.7 Å². The highest BCUT2D eigenvalue weighted by atomic mass is 19.1. The van der Waals surface area contributed by atoms with E-state index in [0.717, 1.165) is 18.2 Å². The van der Waals surface area contributed by atoms with Crippen molar-refractivity contribution in [3.63, 3.8) is 0 Å². The smallest absolute Gasteiger partial charge is 0.311 e. The summed E-state index contributed by atoms with van der Waals surface area (Å²) in [6.07, 6.45) is 0.133. The lowest BCUT2D eigenvalue weighted by molar-refractivity contribution is -0.385. The molecule has 0 fully saturated rings. The fourth-order valence-electron chi connectivity index (χ4n) is 1.06. The summed E-state index contributed by atoms with van der Waals surface area (Å²) in [6.45, 7) is 1.38. The summed E-state index contributed by atoms with van der Waals surface area (Å²) < 4.78 is 17.8. The minimum absolute atomic E-state index is 0.000370. The van der Waals surface area contributed by atoms with Crippen LogP contribution in [0.15, 0.2) is 18.2 Å². The second kappa shape index (κ2) is 5.20. The fourth-order valence-corrected chi connectivity index (χ4v) is 1.06. The Morgan fingerprint density at radius 3 is 2.81 bits per heavy atom. The van der Waals surface area contributed by atoms with Crippen molar-refractivity contribution in [2.75, 3.05) is 6.61 Å². The summed E-state index contributed by atoms with van der Waals surface area (Å²) >= 11 is 0. The van der Waals surface area contributed by atoms with Crippen LogP contribution in [0.25, 0.3) is 0 Å². The number of ketones is 1. The molecule has 0 bridgehead atoms. The molecule has 0 N–H and O–H groups in total. The van der Waals surface area contributed by atoms with E-state index in [-0.39, 0.29) is 30.2 Å². The molecule has 1 aromatic rings. The highest BCUT2D eigenvalue weighted by Crippen LogP contribution is 2.27. The summed E-state index contributed by atoms with van der Waals surface area (Å²) in [5.41, 5.74) is -0.315. The third-order valence-electron chi connectivity index (χ3n) is 1.83. The van der Waals surface area contributed by atoms with Crippen molar-refractivity contribution < 1.29 is 18.8 Å². The van der Waals surface area contributed by atoms with Gasteiger partial charge < -0.3 is 4.74 Å². The summed E-state index contributed by atoms with van der Waals surface area (Å²) in [5, 5.41) is 10.6. The number of ether oxygens (including phenoxy) is 1. The average molecular weight is 227 g/mol. The van der Waals surface area contributed by atoms with Crippen LogP contribution in [0.1, 0.15) is 13.3 Å². The van der Waals surface area contributed by atoms with Gasteiger partial charge in [0.1, 0.15) is 11.6 Å². The Hall–Kier alpha value is -1.98. The molecule has 0 saturated heterocycles. The zero-order valence-electron chi connectivity index (χ0n) is 8.60. The van der Waals surface area contributed by atoms with Crippen LogP contribution in [-0.2, 0) is 4.79 Å². The molecule has 5 nitrogen and oxygen atoms in total. The number of Topliss-reactive ketones (excluding diaryl/α,β-unsaturated/α-hetero) is 1. The van der Waals surface area contributed by atoms with Gasteiger partial charge in [-0.1, -0.05) is 0 Å². The second-order valence-electron chi connectivity index (χ2n) is 3.17. The first-order valence-corrected chi connectivity index (χ1v) is 4.57. The van der Waals surface area contributed by atoms with Gasteiger partial charge in [0.2, 0.25) is 0 Å². The molecule has 0 aliphatic carbocycles. The lowest BCUT2D eigenvalue weighted by Crippen LogP contribution is -2.04. The van der Waals surface area contributed by atoms with Crippen LogP contribution in [0.3, 0.4) is 0 Å². The molecule has 0 unspecified atom stereocenters. The van der Waals surface area contributed by atoms with Crippen LogP contribution in [-0.4, -0.2) is 17.3 Å². The highest BCUT2D eigenvalue weighted by molar-refractivity contribution is 5.75. The number of rotatable bonds is 5. The number of hydrogen-bond donors (Lipinski definition) is 0. The third kappa shape index (κ3) is 3.30. The molecule has 0 atom stereocenters. The maximum atomic E-state index is 12.8. The number of nitro benzene ring substituents is 1. The molecule has 0 saturated carbocycles. The number of carbonyl (C=O) groups excluding carboxylic acids is 1. The molecular weight excluding hydrogens is 217 g/mol. The van der Waals surface area contributed by atoms with E-state index in [1.807, 2.05) is 0 Å². The van der Waals surface area contributed by atoms with Crippen LogP contribution in [0.2, 0.25) is 0 Å². The number of nitro groups is 1. The Morgan fingerprint density at radius 1 is 1.56 bits per heavy atom. The van der Waals surface area contributed by atoms with Gasteiger partial charge in [-0.3, -0.25) is 14.9 Å². The maximum absolute atomic E-state index is 12.8. The topological polar surface area (TPSA) is 69.4 Å². The van der Waals surface area contributed by atoms with E-state index in [0.29, 0.717) is 0 Å². The zero-order valence-corrected chi connectivity index (χ0v) is 8.60. The van der Waals surface area contributed by atoms with Gasteiger partial charge in [-0.25, -0.2) is 4.39 Å². The molecule has 0 aromatic heterocycles. The fraction of sp³-hybridized carbons (Fsp3) is 0.300. The van der Waals surface area contributed by atoms with Gasteiger partial charge in [0.25, 0.3) is 0 Å². The van der Waals surface area contributed by atoms with Gasteiger partial charge in [-0.15, -0.1) is 0 Å². The zero-order chi connectivity index (χ0) is 12.1. The number of halogens is 1. The predicted molar refractivity (Wildman–Crippen MR) is 53.8 cm³/mol. The van der Waals surface area contributed by atoms with Crippen LogP contribution in [0.5, 0.6) is 5.75 Å². The van der Waals surface area contributed by atoms with Crippen molar-refractivity contribution in [2.45, 2.75) is 13.3 Å². The maximum Gasteiger partial charge on any atom is 0.311 e. The number of hydrogen-bond acceptors (Lipinski definition) is 4. The van der Waals surface area contributed by atoms with Gasteiger partial charge in [-0.2, -0.15) is 0 Å². The van der Waals surface area contributed by atoms with Crippen molar-refractivity contribution in [1.82, 2.24) is 0 Å². The molecule has 1 aromatic carbocycles. The lowest BCUT2D eigenvalue weighted by atomic mass is 10.3. The Morgan fingerprint density at radius 2 is 2.25 bits per heavy atom. The van der Waals surface area contributed by atoms with E-state index in [2.05, 4.69) is 0 Å². The van der Waals surface area contributed by atoms with Crippen LogP contribution in [0, 0.1) is 15.9 Å². The molecule has 0 aliphatic rings. The van der Waals surface area contributed by atoms with E-state index in [1.54, 1.807) is 0 Å². The number of benzene rings is 1. The van der Waals surface area contributed by atoms with Gasteiger partial charge in [-0.05, 0) is 13.0 Å². The molecule has 0 aliphatic heterocycles. The summed E-state index contributed by atoms with van der Waals surface area (Å²) in [7, 11) is 0. The molecule has 0 radical (unpaired) electrons. The van der Waals surface area contributed by atoms with E-state index in [4.69, 9.17) is 4.74 Å². The first kappa shape index (κ1) is 12.1. The van der Waals surface area contributed by atoms with Crippen molar-refractivity contribution in [2.24, 2.45) is 0 Å². The van der Waals surface area contributed by atoms with Crippen molar-refractivity contribution in [3.8, 4) is 5.75 Å². The van der Waals surface area contributed by atoms with E-state index >= 15 is 0 Å². The first-order valence-electron chi connectivity index (χ1n) is 4.57. The molecule has 0 amide bonds. The van der Waals surface area contributed by atoms with Crippen LogP contribution >= 0.6 is 0 Å². The number of nitrogens with zero attached hydrogens (tertiary/aromatic N) is 1. The van der Waals surface area contributed by atoms with Crippen molar-refractivity contribution >= 4 is 11.5 Å². The van der Waals surface area contributed by atoms with Crippen molar-refractivity contribution in [3.05, 3.63) is 34.1 Å². The Bertz CT molecular complexity index is 419. The second-order valence-corrected chi connectivity index (χ2v) is 3.17. The Labute approximate surface area is 91.0 Å². The van der Waals surface area contributed by atoms with Gasteiger partial charge in [0.05, 0.1) is 11.5 Å². The predicted octanol–water partition coefficient (Wildman–Crippen LogP) is 2.09. The molecule has 16 heavy (non-hydrogen) atoms. The molecule has 6 heteroatoms. The largest absolute Gasteiger partial charge is 0.486 e. The monoisotopic (exact) mass is 227 g/mol. The molecular formula is C10H10FNO4. The molecule has 0 spiro atoms. The molecule has 86 valence electrons. The van der Waals surface area contributed by atoms with E-state index in [9.17, 15) is 19.3 Å². The summed E-state index contributed by atoms with van der Waals surface area (Å²) in [6, 6.07) is 2.94. The van der Waals surface area contributed by atoms with E-state index in [1.165, 1.54) is 6.92 Å². The lowest BCUT2D eigenvalue weighted by Gasteiger charge is -2.05. The quantitative estimate of drug-likeness (QED) is 0.570. The Balaban J connectivity index is 2.80. The Kier molecular flexibility index (Phi) is 3.93. The number of carbonyl (C=O) groups is 1. The van der Waals surface area contributed by atoms with Gasteiger partial charge >= 0.3 is 5.69 Å². The standard InChI is InChI=1S/C10H10FNO4/c1-7(13)4-5-16-10-6-8(11)2-3-9(10)12(14)15/h2-3,6H,4-5H2,1H3. The average Bonchev–Trinajstić information content (AvgIpc) is 2.16. The molecule has 1 rings (SSSR count). The first-order chi connectivity index (χ1) is 7.50. The SMILES string of the molecule is CC(=O)CCOc1cc(F)ccc1[N+](=O)[O-]. The summed E-state index contributed by atoms with van der Waals surface area (Å²) in [4.78, 5) is 20.5. The van der Waals surface area contributed by atoms with Crippen LogP contribution < -0.4 is 4.74 Å². The van der Waals surface area contributed by atoms with Gasteiger partial charge in [0, 0.05) is 18.6 Å². The summed E-state index contributed by atoms with van der Waals surface area (Å²) in [5.74, 6) is -0.881. The molecule has 0 heterocycles. The third-order valence-corrected chi connectivity index (χ3v) is 1.83. The minimum Gasteiger partial charge on any atom is -0.486 e. The normalized spacial score (nSPS) is 9.88. The minimum atomic E-state index is -0.664.